The van der Waals surface area contributed by atoms with Crippen LogP contribution in [0.15, 0.2) is 49.3 Å². The van der Waals surface area contributed by atoms with Crippen LogP contribution in [0.4, 0.5) is 5.69 Å². The molecule has 2 aromatic heterocycles. The maximum absolute atomic E-state index is 4.32. The first kappa shape index (κ1) is 13.4. The number of rotatable bonds is 6. The van der Waals surface area contributed by atoms with Crippen molar-refractivity contribution in [3.63, 3.8) is 0 Å². The molecule has 0 aliphatic rings. The van der Waals surface area contributed by atoms with Gasteiger partial charge < -0.3 is 5.32 Å². The normalized spacial score (nSPS) is 10.7. The lowest BCUT2D eigenvalue weighted by molar-refractivity contribution is 0.602. The fourth-order valence-corrected chi connectivity index (χ4v) is 2.13. The largest absolute Gasteiger partial charge is 0.381 e. The molecule has 0 spiro atoms. The van der Waals surface area contributed by atoms with E-state index in [2.05, 4.69) is 33.6 Å². The van der Waals surface area contributed by atoms with Gasteiger partial charge in [0.15, 0.2) is 0 Å². The van der Waals surface area contributed by atoms with Gasteiger partial charge in [0.25, 0.3) is 0 Å². The molecule has 21 heavy (non-hydrogen) atoms. The third kappa shape index (κ3) is 3.28. The van der Waals surface area contributed by atoms with Crippen molar-refractivity contribution in [3.05, 3.63) is 54.9 Å². The average Bonchev–Trinajstić information content (AvgIpc) is 3.18. The Bertz CT molecular complexity index is 669. The number of benzene rings is 1. The summed E-state index contributed by atoms with van der Waals surface area (Å²) in [5.41, 5.74) is 3.25. The van der Waals surface area contributed by atoms with Gasteiger partial charge in [-0.15, -0.1) is 0 Å². The van der Waals surface area contributed by atoms with E-state index in [1.165, 1.54) is 11.9 Å². The third-order valence-corrected chi connectivity index (χ3v) is 3.19. The summed E-state index contributed by atoms with van der Waals surface area (Å²) in [5.74, 6) is 0. The van der Waals surface area contributed by atoms with E-state index in [4.69, 9.17) is 0 Å². The first-order chi connectivity index (χ1) is 10.3. The maximum Gasteiger partial charge on any atom is 0.138 e. The van der Waals surface area contributed by atoms with Gasteiger partial charge in [0.1, 0.15) is 12.7 Å². The van der Waals surface area contributed by atoms with Crippen LogP contribution in [0.5, 0.6) is 0 Å². The van der Waals surface area contributed by atoms with Gasteiger partial charge in [-0.3, -0.25) is 4.68 Å². The molecule has 0 unspecified atom stereocenters. The Labute approximate surface area is 123 Å². The van der Waals surface area contributed by atoms with Crippen molar-refractivity contribution in [3.8, 4) is 5.69 Å². The van der Waals surface area contributed by atoms with Crippen LogP contribution in [-0.4, -0.2) is 24.5 Å². The Balaban J connectivity index is 1.60. The molecule has 1 aromatic carbocycles. The van der Waals surface area contributed by atoms with Gasteiger partial charge in [-0.2, -0.15) is 10.2 Å². The molecule has 108 valence electrons. The lowest BCUT2D eigenvalue weighted by Gasteiger charge is -2.06. The van der Waals surface area contributed by atoms with Crippen molar-refractivity contribution in [2.75, 3.05) is 5.32 Å². The number of nitrogens with zero attached hydrogens (tertiary/aromatic N) is 5. The zero-order chi connectivity index (χ0) is 14.5. The highest BCUT2D eigenvalue weighted by atomic mass is 15.3. The summed E-state index contributed by atoms with van der Waals surface area (Å²) >= 11 is 0. The first-order valence-electron chi connectivity index (χ1n) is 7.05. The summed E-state index contributed by atoms with van der Waals surface area (Å²) in [7, 11) is 0. The van der Waals surface area contributed by atoms with E-state index < -0.39 is 0 Å². The van der Waals surface area contributed by atoms with Crippen LogP contribution in [-0.2, 0) is 13.1 Å². The summed E-state index contributed by atoms with van der Waals surface area (Å²) in [6.45, 7) is 3.88. The zero-order valence-electron chi connectivity index (χ0n) is 12.0. The average molecular weight is 282 g/mol. The van der Waals surface area contributed by atoms with Crippen molar-refractivity contribution in [2.24, 2.45) is 0 Å². The quantitative estimate of drug-likeness (QED) is 0.754. The van der Waals surface area contributed by atoms with Crippen LogP contribution in [0, 0.1) is 0 Å². The van der Waals surface area contributed by atoms with E-state index >= 15 is 0 Å². The highest BCUT2D eigenvalue weighted by molar-refractivity contribution is 5.48. The molecule has 0 atom stereocenters. The number of hydrogen-bond acceptors (Lipinski definition) is 4. The molecule has 0 aliphatic heterocycles. The summed E-state index contributed by atoms with van der Waals surface area (Å²) in [4.78, 5) is 3.94. The lowest BCUT2D eigenvalue weighted by atomic mass is 10.2. The van der Waals surface area contributed by atoms with Crippen molar-refractivity contribution in [1.29, 1.82) is 0 Å². The van der Waals surface area contributed by atoms with Crippen LogP contribution in [0.2, 0.25) is 0 Å². The maximum atomic E-state index is 4.32. The Morgan fingerprint density at radius 3 is 2.71 bits per heavy atom. The molecule has 0 saturated heterocycles. The summed E-state index contributed by atoms with van der Waals surface area (Å²) in [6, 6.07) is 8.09. The molecule has 0 amide bonds. The van der Waals surface area contributed by atoms with E-state index in [0.717, 1.165) is 30.9 Å². The van der Waals surface area contributed by atoms with Crippen molar-refractivity contribution in [2.45, 2.75) is 26.4 Å². The summed E-state index contributed by atoms with van der Waals surface area (Å²) in [5, 5.41) is 11.8. The van der Waals surface area contributed by atoms with Crippen LogP contribution >= 0.6 is 0 Å². The number of hydrogen-bond donors (Lipinski definition) is 1. The van der Waals surface area contributed by atoms with Gasteiger partial charge in [-0.1, -0.05) is 6.92 Å². The predicted octanol–water partition coefficient (Wildman–Crippen LogP) is 2.49. The first-order valence-corrected chi connectivity index (χ1v) is 7.05. The molecular formula is C15H18N6. The van der Waals surface area contributed by atoms with Crippen molar-refractivity contribution < 1.29 is 0 Å². The molecule has 0 fully saturated rings. The van der Waals surface area contributed by atoms with E-state index in [1.807, 2.05) is 35.1 Å². The van der Waals surface area contributed by atoms with Gasteiger partial charge >= 0.3 is 0 Å². The molecule has 0 saturated carbocycles. The fourth-order valence-electron chi connectivity index (χ4n) is 2.13. The smallest absolute Gasteiger partial charge is 0.138 e. The molecule has 3 aromatic rings. The van der Waals surface area contributed by atoms with Crippen molar-refractivity contribution >= 4 is 5.69 Å². The van der Waals surface area contributed by atoms with Gasteiger partial charge in [0.05, 0.1) is 11.9 Å². The highest BCUT2D eigenvalue weighted by Crippen LogP contribution is 2.13. The van der Waals surface area contributed by atoms with Crippen LogP contribution in [0.3, 0.4) is 0 Å². The second-order valence-corrected chi connectivity index (χ2v) is 4.85. The van der Waals surface area contributed by atoms with Crippen LogP contribution < -0.4 is 5.32 Å². The predicted molar refractivity (Wildman–Crippen MR) is 81.2 cm³/mol. The number of aryl methyl sites for hydroxylation is 1. The van der Waals surface area contributed by atoms with E-state index in [1.54, 1.807) is 11.0 Å². The topological polar surface area (TPSA) is 60.6 Å². The standard InChI is InChI=1S/C15H18N6/c1-2-7-20-10-13(9-18-20)8-17-14-3-5-15(6-4-14)21-12-16-11-19-21/h3-6,9-12,17H,2,7-8H2,1H3. The molecule has 0 bridgehead atoms. The van der Waals surface area contributed by atoms with E-state index in [0.29, 0.717) is 0 Å². The molecule has 6 nitrogen and oxygen atoms in total. The fraction of sp³-hybridized carbons (Fsp3) is 0.267. The van der Waals surface area contributed by atoms with E-state index in [9.17, 15) is 0 Å². The third-order valence-electron chi connectivity index (χ3n) is 3.19. The van der Waals surface area contributed by atoms with Gasteiger partial charge in [0.2, 0.25) is 0 Å². The SMILES string of the molecule is CCCn1cc(CNc2ccc(-n3cncn3)cc2)cn1. The Hall–Kier alpha value is -2.63. The molecule has 6 heteroatoms. The van der Waals surface area contributed by atoms with Gasteiger partial charge in [0, 0.05) is 30.5 Å². The van der Waals surface area contributed by atoms with Crippen LogP contribution in [0.1, 0.15) is 18.9 Å². The monoisotopic (exact) mass is 282 g/mol. The minimum atomic E-state index is 0.770. The summed E-state index contributed by atoms with van der Waals surface area (Å²) in [6.07, 6.45) is 8.30. The minimum absolute atomic E-state index is 0.770. The second-order valence-electron chi connectivity index (χ2n) is 4.85. The zero-order valence-corrected chi connectivity index (χ0v) is 12.0. The number of aromatic nitrogens is 5. The Morgan fingerprint density at radius 1 is 1.14 bits per heavy atom. The number of anilines is 1. The molecule has 0 radical (unpaired) electrons. The van der Waals surface area contributed by atoms with Crippen molar-refractivity contribution in [1.82, 2.24) is 24.5 Å². The molecule has 1 N–H and O–H groups in total. The van der Waals surface area contributed by atoms with Gasteiger partial charge in [-0.05, 0) is 30.7 Å². The molecular weight excluding hydrogens is 264 g/mol. The minimum Gasteiger partial charge on any atom is -0.381 e. The number of nitrogens with one attached hydrogen (secondary N) is 1. The molecule has 0 aliphatic carbocycles. The summed E-state index contributed by atoms with van der Waals surface area (Å²) < 4.78 is 3.71. The van der Waals surface area contributed by atoms with Crippen LogP contribution in [0.25, 0.3) is 5.69 Å². The molecule has 3 rings (SSSR count). The van der Waals surface area contributed by atoms with Gasteiger partial charge in [-0.25, -0.2) is 9.67 Å². The Morgan fingerprint density at radius 2 is 2.00 bits per heavy atom. The van der Waals surface area contributed by atoms with E-state index in [-0.39, 0.29) is 0 Å². The highest BCUT2D eigenvalue weighted by Gasteiger charge is 2.00. The lowest BCUT2D eigenvalue weighted by Crippen LogP contribution is -2.00. The Kier molecular flexibility index (Phi) is 3.95. The second kappa shape index (κ2) is 6.21. The molecule has 2 heterocycles.